The van der Waals surface area contributed by atoms with Gasteiger partial charge in [0.25, 0.3) is 0 Å². The van der Waals surface area contributed by atoms with Gasteiger partial charge < -0.3 is 23.8 Å². The summed E-state index contributed by atoms with van der Waals surface area (Å²) in [7, 11) is 0. The summed E-state index contributed by atoms with van der Waals surface area (Å²) >= 11 is 0. The molecule has 3 aromatic rings. The second-order valence-corrected chi connectivity index (χ2v) is 7.07. The summed E-state index contributed by atoms with van der Waals surface area (Å²) in [5.74, 6) is 3.19. The van der Waals surface area contributed by atoms with Crippen molar-refractivity contribution in [3.63, 3.8) is 0 Å². The van der Waals surface area contributed by atoms with Crippen LogP contribution in [0.1, 0.15) is 5.56 Å². The zero-order valence-corrected chi connectivity index (χ0v) is 15.9. The standard InChI is InChI=1S/C21H21N5O3/c27-21(14-16-3-4-17-18(13-16)29-15-28-17)26-11-9-25(10-12-26)20-6-5-19(22-23-20)24-7-1-2-8-24/h1-8,13H,9-12,14-15H2. The molecule has 1 aromatic carbocycles. The maximum Gasteiger partial charge on any atom is 0.231 e. The van der Waals surface area contributed by atoms with Gasteiger partial charge in [-0.2, -0.15) is 0 Å². The van der Waals surface area contributed by atoms with E-state index in [1.165, 1.54) is 0 Å². The first-order valence-corrected chi connectivity index (χ1v) is 9.64. The number of fused-ring (bicyclic) bond motifs is 1. The topological polar surface area (TPSA) is 72.7 Å². The fourth-order valence-corrected chi connectivity index (χ4v) is 3.63. The van der Waals surface area contributed by atoms with Crippen molar-refractivity contribution in [1.82, 2.24) is 19.7 Å². The predicted octanol–water partition coefficient (Wildman–Crippen LogP) is 1.89. The SMILES string of the molecule is O=C(Cc1ccc2c(c1)OCO2)N1CCN(c2ccc(-n3cccc3)nn2)CC1. The van der Waals surface area contributed by atoms with Crippen molar-refractivity contribution >= 4 is 11.7 Å². The molecule has 2 aromatic heterocycles. The summed E-state index contributed by atoms with van der Waals surface area (Å²) < 4.78 is 12.6. The van der Waals surface area contributed by atoms with Crippen LogP contribution < -0.4 is 14.4 Å². The first kappa shape index (κ1) is 17.5. The van der Waals surface area contributed by atoms with E-state index < -0.39 is 0 Å². The Morgan fingerprint density at radius 3 is 2.38 bits per heavy atom. The van der Waals surface area contributed by atoms with Gasteiger partial charge in [0.05, 0.1) is 6.42 Å². The van der Waals surface area contributed by atoms with Gasteiger partial charge in [0.2, 0.25) is 12.7 Å². The second kappa shape index (κ2) is 7.46. The largest absolute Gasteiger partial charge is 0.454 e. The maximum absolute atomic E-state index is 12.7. The van der Waals surface area contributed by atoms with Gasteiger partial charge in [-0.05, 0) is 42.0 Å². The lowest BCUT2D eigenvalue weighted by Crippen LogP contribution is -2.49. The average Bonchev–Trinajstić information content (AvgIpc) is 3.46. The summed E-state index contributed by atoms with van der Waals surface area (Å²) in [4.78, 5) is 16.8. The summed E-state index contributed by atoms with van der Waals surface area (Å²) in [5.41, 5.74) is 0.938. The molecule has 1 amide bonds. The minimum Gasteiger partial charge on any atom is -0.454 e. The van der Waals surface area contributed by atoms with Crippen molar-refractivity contribution < 1.29 is 14.3 Å². The van der Waals surface area contributed by atoms with Crippen molar-refractivity contribution in [1.29, 1.82) is 0 Å². The first-order chi connectivity index (χ1) is 14.3. The highest BCUT2D eigenvalue weighted by molar-refractivity contribution is 5.79. The molecule has 0 saturated carbocycles. The minimum absolute atomic E-state index is 0.123. The summed E-state index contributed by atoms with van der Waals surface area (Å²) in [6.07, 6.45) is 4.24. The van der Waals surface area contributed by atoms with E-state index in [-0.39, 0.29) is 12.7 Å². The van der Waals surface area contributed by atoms with E-state index in [1.807, 2.05) is 64.3 Å². The number of benzene rings is 1. The molecule has 1 fully saturated rings. The van der Waals surface area contributed by atoms with Crippen molar-refractivity contribution in [2.75, 3.05) is 37.9 Å². The Kier molecular flexibility index (Phi) is 4.51. The van der Waals surface area contributed by atoms with Crippen molar-refractivity contribution in [2.24, 2.45) is 0 Å². The summed E-state index contributed by atoms with van der Waals surface area (Å²) in [6, 6.07) is 13.5. The van der Waals surface area contributed by atoms with Gasteiger partial charge in [-0.25, -0.2) is 0 Å². The van der Waals surface area contributed by atoms with Crippen LogP contribution in [0.15, 0.2) is 54.9 Å². The Morgan fingerprint density at radius 1 is 0.897 bits per heavy atom. The Labute approximate surface area is 168 Å². The molecule has 0 aliphatic carbocycles. The van der Waals surface area contributed by atoms with Gasteiger partial charge >= 0.3 is 0 Å². The van der Waals surface area contributed by atoms with Gasteiger partial charge in [0.15, 0.2) is 23.1 Å². The second-order valence-electron chi connectivity index (χ2n) is 7.07. The van der Waals surface area contributed by atoms with Crippen LogP contribution in [0.2, 0.25) is 0 Å². The number of carbonyl (C=O) groups is 1. The normalized spacial score (nSPS) is 15.6. The third-order valence-corrected chi connectivity index (χ3v) is 5.25. The van der Waals surface area contributed by atoms with Gasteiger partial charge in [-0.15, -0.1) is 10.2 Å². The van der Waals surface area contributed by atoms with Gasteiger partial charge in [0.1, 0.15) is 0 Å². The molecule has 0 bridgehead atoms. The number of nitrogens with zero attached hydrogens (tertiary/aromatic N) is 5. The highest BCUT2D eigenvalue weighted by atomic mass is 16.7. The number of hydrogen-bond donors (Lipinski definition) is 0. The van der Waals surface area contributed by atoms with E-state index in [2.05, 4.69) is 15.1 Å². The monoisotopic (exact) mass is 391 g/mol. The van der Waals surface area contributed by atoms with E-state index in [4.69, 9.17) is 9.47 Å². The molecule has 29 heavy (non-hydrogen) atoms. The third-order valence-electron chi connectivity index (χ3n) is 5.25. The van der Waals surface area contributed by atoms with Crippen LogP contribution in [0.5, 0.6) is 11.5 Å². The predicted molar refractivity (Wildman–Crippen MR) is 106 cm³/mol. The molecule has 148 valence electrons. The first-order valence-electron chi connectivity index (χ1n) is 9.64. The Hall–Kier alpha value is -3.55. The fraction of sp³-hybridized carbons (Fsp3) is 0.286. The van der Waals surface area contributed by atoms with Crippen LogP contribution >= 0.6 is 0 Å². The van der Waals surface area contributed by atoms with Gasteiger partial charge in [0, 0.05) is 38.6 Å². The van der Waals surface area contributed by atoms with Crippen LogP contribution in [0.25, 0.3) is 5.82 Å². The smallest absolute Gasteiger partial charge is 0.231 e. The van der Waals surface area contributed by atoms with E-state index in [0.717, 1.165) is 36.0 Å². The molecule has 2 aliphatic heterocycles. The molecule has 0 atom stereocenters. The number of anilines is 1. The van der Waals surface area contributed by atoms with Crippen LogP contribution in [0, 0.1) is 0 Å². The number of amides is 1. The lowest BCUT2D eigenvalue weighted by molar-refractivity contribution is -0.130. The van der Waals surface area contributed by atoms with E-state index in [0.29, 0.717) is 25.3 Å². The summed E-state index contributed by atoms with van der Waals surface area (Å²) in [6.45, 7) is 3.06. The number of carbonyl (C=O) groups excluding carboxylic acids is 1. The van der Waals surface area contributed by atoms with Crippen LogP contribution in [-0.4, -0.2) is 58.5 Å². The Balaban J connectivity index is 1.17. The number of hydrogen-bond acceptors (Lipinski definition) is 6. The van der Waals surface area contributed by atoms with Crippen molar-refractivity contribution in [3.8, 4) is 17.3 Å². The molecule has 0 spiro atoms. The van der Waals surface area contributed by atoms with E-state index in [1.54, 1.807) is 0 Å². The Morgan fingerprint density at radius 2 is 1.62 bits per heavy atom. The highest BCUT2D eigenvalue weighted by Crippen LogP contribution is 2.32. The number of rotatable bonds is 4. The molecule has 0 N–H and O–H groups in total. The number of ether oxygens (including phenoxy) is 2. The third kappa shape index (κ3) is 3.61. The minimum atomic E-state index is 0.123. The lowest BCUT2D eigenvalue weighted by Gasteiger charge is -2.35. The molecule has 0 radical (unpaired) electrons. The van der Waals surface area contributed by atoms with E-state index >= 15 is 0 Å². The molecule has 5 rings (SSSR count). The number of piperazine rings is 1. The van der Waals surface area contributed by atoms with Crippen LogP contribution in [-0.2, 0) is 11.2 Å². The highest BCUT2D eigenvalue weighted by Gasteiger charge is 2.23. The van der Waals surface area contributed by atoms with Crippen molar-refractivity contribution in [2.45, 2.75) is 6.42 Å². The molecule has 2 aliphatic rings. The van der Waals surface area contributed by atoms with Crippen molar-refractivity contribution in [3.05, 3.63) is 60.4 Å². The van der Waals surface area contributed by atoms with Gasteiger partial charge in [-0.1, -0.05) is 6.07 Å². The molecule has 8 nitrogen and oxygen atoms in total. The van der Waals surface area contributed by atoms with E-state index in [9.17, 15) is 4.79 Å². The quantitative estimate of drug-likeness (QED) is 0.676. The van der Waals surface area contributed by atoms with Crippen LogP contribution in [0.4, 0.5) is 5.82 Å². The molecular weight excluding hydrogens is 370 g/mol. The van der Waals surface area contributed by atoms with Gasteiger partial charge in [-0.3, -0.25) is 4.79 Å². The molecule has 4 heterocycles. The summed E-state index contributed by atoms with van der Waals surface area (Å²) in [5, 5.41) is 8.66. The zero-order valence-electron chi connectivity index (χ0n) is 15.9. The molecule has 8 heteroatoms. The molecule has 0 unspecified atom stereocenters. The van der Waals surface area contributed by atoms with Crippen LogP contribution in [0.3, 0.4) is 0 Å². The fourth-order valence-electron chi connectivity index (χ4n) is 3.63. The average molecular weight is 391 g/mol. The molecular formula is C21H21N5O3. The zero-order chi connectivity index (χ0) is 19.6. The lowest BCUT2D eigenvalue weighted by atomic mass is 10.1. The molecule has 1 saturated heterocycles. The Bertz CT molecular complexity index is 996. The maximum atomic E-state index is 12.7. The number of aromatic nitrogens is 3.